The molecule has 96 valence electrons. The van der Waals surface area contributed by atoms with Gasteiger partial charge in [-0.05, 0) is 27.7 Å². The van der Waals surface area contributed by atoms with Gasteiger partial charge in [-0.25, -0.2) is 5.06 Å². The first-order chi connectivity index (χ1) is 7.05. The summed E-state index contributed by atoms with van der Waals surface area (Å²) in [6.07, 6.45) is 1.46. The Morgan fingerprint density at radius 2 is 1.88 bits per heavy atom. The molecular weight excluding hydrogens is 234 g/mol. The van der Waals surface area contributed by atoms with Crippen molar-refractivity contribution in [3.8, 4) is 0 Å². The number of rotatable bonds is 6. The van der Waals surface area contributed by atoms with Crippen LogP contribution < -0.4 is 0 Å². The van der Waals surface area contributed by atoms with Crippen LogP contribution in [-0.2, 0) is 23.9 Å². The van der Waals surface area contributed by atoms with Crippen LogP contribution in [0, 0.1) is 0 Å². The van der Waals surface area contributed by atoms with Gasteiger partial charge in [0.2, 0.25) is 6.41 Å². The van der Waals surface area contributed by atoms with Gasteiger partial charge in [0.1, 0.15) is 0 Å². The monoisotopic (exact) mass is 253 g/mol. The number of hydrogen-bond donors (Lipinski definition) is 0. The van der Waals surface area contributed by atoms with Crippen LogP contribution in [0.3, 0.4) is 0 Å². The third-order valence-corrected chi connectivity index (χ3v) is 2.01. The predicted octanol–water partition coefficient (Wildman–Crippen LogP) is 0.540. The Hall–Kier alpha value is -0.660. The SMILES string of the molecule is CC(COS(C)(=O)=O)N(C=O)OC(C)(C)C. The van der Waals surface area contributed by atoms with E-state index in [4.69, 9.17) is 4.84 Å². The molecule has 0 rings (SSSR count). The minimum Gasteiger partial charge on any atom is -0.276 e. The minimum atomic E-state index is -3.50. The number of carbonyl (C=O) groups is 1. The zero-order valence-corrected chi connectivity index (χ0v) is 11.1. The lowest BCUT2D eigenvalue weighted by atomic mass is 10.2. The van der Waals surface area contributed by atoms with Crippen molar-refractivity contribution in [3.63, 3.8) is 0 Å². The Bertz CT molecular complexity index is 319. The van der Waals surface area contributed by atoms with Crippen molar-refractivity contribution >= 4 is 16.5 Å². The standard InChI is InChI=1S/C9H19NO5S/c1-8(6-14-16(5,12)13)10(7-11)15-9(2,3)4/h7-8H,6H2,1-5H3. The predicted molar refractivity (Wildman–Crippen MR) is 59.0 cm³/mol. The van der Waals surface area contributed by atoms with Crippen molar-refractivity contribution < 1.29 is 22.2 Å². The van der Waals surface area contributed by atoms with Gasteiger partial charge < -0.3 is 0 Å². The van der Waals surface area contributed by atoms with Crippen LogP contribution in [0.4, 0.5) is 0 Å². The van der Waals surface area contributed by atoms with E-state index >= 15 is 0 Å². The van der Waals surface area contributed by atoms with Crippen molar-refractivity contribution in [2.75, 3.05) is 12.9 Å². The molecule has 0 aliphatic rings. The van der Waals surface area contributed by atoms with Gasteiger partial charge in [-0.3, -0.25) is 13.8 Å². The van der Waals surface area contributed by atoms with E-state index in [0.717, 1.165) is 11.3 Å². The molecule has 0 spiro atoms. The largest absolute Gasteiger partial charge is 0.276 e. The highest BCUT2D eigenvalue weighted by Gasteiger charge is 2.21. The molecule has 0 aliphatic heterocycles. The van der Waals surface area contributed by atoms with E-state index in [0.29, 0.717) is 6.41 Å². The zero-order valence-electron chi connectivity index (χ0n) is 10.3. The summed E-state index contributed by atoms with van der Waals surface area (Å²) in [4.78, 5) is 16.0. The number of hydroxylamine groups is 2. The van der Waals surface area contributed by atoms with Crippen molar-refractivity contribution in [2.45, 2.75) is 39.3 Å². The van der Waals surface area contributed by atoms with Gasteiger partial charge in [0.15, 0.2) is 0 Å². The number of nitrogens with zero attached hydrogens (tertiary/aromatic N) is 1. The Morgan fingerprint density at radius 1 is 1.38 bits per heavy atom. The summed E-state index contributed by atoms with van der Waals surface area (Å²) in [5.41, 5.74) is -0.528. The second kappa shape index (κ2) is 5.60. The second-order valence-electron chi connectivity index (χ2n) is 4.51. The molecule has 1 unspecified atom stereocenters. The lowest BCUT2D eigenvalue weighted by molar-refractivity contribution is -0.232. The van der Waals surface area contributed by atoms with E-state index in [1.165, 1.54) is 0 Å². The molecule has 0 radical (unpaired) electrons. The van der Waals surface area contributed by atoms with E-state index in [9.17, 15) is 13.2 Å². The Balaban J connectivity index is 4.32. The fourth-order valence-electron chi connectivity index (χ4n) is 0.827. The van der Waals surface area contributed by atoms with Gasteiger partial charge in [-0.15, -0.1) is 0 Å². The molecule has 16 heavy (non-hydrogen) atoms. The maximum atomic E-state index is 10.8. The molecule has 0 heterocycles. The topological polar surface area (TPSA) is 72.9 Å². The van der Waals surface area contributed by atoms with Crippen LogP contribution in [0.25, 0.3) is 0 Å². The number of carbonyl (C=O) groups excluding carboxylic acids is 1. The molecule has 0 aromatic carbocycles. The first-order valence-electron chi connectivity index (χ1n) is 4.82. The van der Waals surface area contributed by atoms with E-state index in [1.807, 2.05) is 0 Å². The minimum absolute atomic E-state index is 0.131. The lowest BCUT2D eigenvalue weighted by Crippen LogP contribution is -2.41. The average Bonchev–Trinajstić information content (AvgIpc) is 2.07. The van der Waals surface area contributed by atoms with Gasteiger partial charge in [0, 0.05) is 0 Å². The molecule has 0 aromatic heterocycles. The van der Waals surface area contributed by atoms with E-state index < -0.39 is 21.8 Å². The zero-order chi connectivity index (χ0) is 13.0. The maximum absolute atomic E-state index is 10.8. The molecular formula is C9H19NO5S. The van der Waals surface area contributed by atoms with Crippen molar-refractivity contribution in [2.24, 2.45) is 0 Å². The smallest absolute Gasteiger partial charge is 0.264 e. The summed E-state index contributed by atoms with van der Waals surface area (Å²) in [5.74, 6) is 0. The van der Waals surface area contributed by atoms with Crippen LogP contribution >= 0.6 is 0 Å². The molecule has 0 N–H and O–H groups in total. The fraction of sp³-hybridized carbons (Fsp3) is 0.889. The number of hydrogen-bond acceptors (Lipinski definition) is 5. The molecule has 0 aliphatic carbocycles. The van der Waals surface area contributed by atoms with E-state index in [2.05, 4.69) is 4.18 Å². The van der Waals surface area contributed by atoms with E-state index in [1.54, 1.807) is 27.7 Å². The second-order valence-corrected chi connectivity index (χ2v) is 6.15. The van der Waals surface area contributed by atoms with Crippen molar-refractivity contribution in [1.82, 2.24) is 5.06 Å². The van der Waals surface area contributed by atoms with Gasteiger partial charge >= 0.3 is 0 Å². The first-order valence-corrected chi connectivity index (χ1v) is 6.64. The van der Waals surface area contributed by atoms with Crippen molar-refractivity contribution in [1.29, 1.82) is 0 Å². The Labute approximate surface area is 96.6 Å². The van der Waals surface area contributed by atoms with Gasteiger partial charge in [0.25, 0.3) is 10.1 Å². The van der Waals surface area contributed by atoms with Gasteiger partial charge in [0.05, 0.1) is 24.5 Å². The highest BCUT2D eigenvalue weighted by molar-refractivity contribution is 7.85. The third-order valence-electron chi connectivity index (χ3n) is 1.44. The molecule has 0 fully saturated rings. The molecule has 0 bridgehead atoms. The third kappa shape index (κ3) is 7.61. The van der Waals surface area contributed by atoms with Crippen LogP contribution in [0.2, 0.25) is 0 Å². The van der Waals surface area contributed by atoms with Crippen LogP contribution in [0.15, 0.2) is 0 Å². The normalized spacial score (nSPS) is 14.6. The van der Waals surface area contributed by atoms with Crippen LogP contribution in [-0.4, -0.2) is 44.4 Å². The van der Waals surface area contributed by atoms with Crippen LogP contribution in [0.1, 0.15) is 27.7 Å². The first kappa shape index (κ1) is 15.3. The number of amides is 1. The molecule has 6 nitrogen and oxygen atoms in total. The summed E-state index contributed by atoms with van der Waals surface area (Å²) in [5, 5.41) is 1.05. The van der Waals surface area contributed by atoms with Gasteiger partial charge in [-0.1, -0.05) is 0 Å². The molecule has 1 atom stereocenters. The molecule has 0 aromatic rings. The highest BCUT2D eigenvalue weighted by Crippen LogP contribution is 2.12. The summed E-state index contributed by atoms with van der Waals surface area (Å²) in [6, 6.07) is -0.480. The Kier molecular flexibility index (Phi) is 5.37. The summed E-state index contributed by atoms with van der Waals surface area (Å²) in [7, 11) is -3.50. The quantitative estimate of drug-likeness (QED) is 0.392. The van der Waals surface area contributed by atoms with Gasteiger partial charge in [-0.2, -0.15) is 8.42 Å². The van der Waals surface area contributed by atoms with Crippen molar-refractivity contribution in [3.05, 3.63) is 0 Å². The lowest BCUT2D eigenvalue weighted by Gasteiger charge is -2.30. The van der Waals surface area contributed by atoms with E-state index in [-0.39, 0.29) is 6.61 Å². The maximum Gasteiger partial charge on any atom is 0.264 e. The summed E-state index contributed by atoms with van der Waals surface area (Å²) >= 11 is 0. The van der Waals surface area contributed by atoms with Crippen LogP contribution in [0.5, 0.6) is 0 Å². The average molecular weight is 253 g/mol. The summed E-state index contributed by atoms with van der Waals surface area (Å²) in [6.45, 7) is 6.86. The molecule has 7 heteroatoms. The molecule has 0 saturated heterocycles. The summed E-state index contributed by atoms with van der Waals surface area (Å²) < 4.78 is 26.1. The molecule has 1 amide bonds. The fourth-order valence-corrected chi connectivity index (χ4v) is 1.27. The highest BCUT2D eigenvalue weighted by atomic mass is 32.2. The Morgan fingerprint density at radius 3 is 2.19 bits per heavy atom. The molecule has 0 saturated carbocycles.